The quantitative estimate of drug-likeness (QED) is 0.884. The first-order valence-corrected chi connectivity index (χ1v) is 7.50. The first kappa shape index (κ1) is 18.2. The van der Waals surface area contributed by atoms with Gasteiger partial charge in [0, 0.05) is 18.8 Å². The van der Waals surface area contributed by atoms with Crippen molar-refractivity contribution in [2.75, 3.05) is 18.4 Å². The topological polar surface area (TPSA) is 76.4 Å². The van der Waals surface area contributed by atoms with Gasteiger partial charge in [0.15, 0.2) is 5.60 Å². The van der Waals surface area contributed by atoms with Crippen LogP contribution in [0.5, 0.6) is 0 Å². The number of hydrogen-bond donors (Lipinski definition) is 2. The second-order valence-corrected chi connectivity index (χ2v) is 5.92. The molecule has 0 aromatic heterocycles. The van der Waals surface area contributed by atoms with Gasteiger partial charge in [-0.05, 0) is 38.0 Å². The van der Waals surface area contributed by atoms with Crippen LogP contribution < -0.4 is 5.32 Å². The summed E-state index contributed by atoms with van der Waals surface area (Å²) >= 11 is 0. The number of anilines is 1. The van der Waals surface area contributed by atoms with E-state index < -0.39 is 30.7 Å². The van der Waals surface area contributed by atoms with Gasteiger partial charge in [-0.15, -0.1) is 0 Å². The van der Waals surface area contributed by atoms with Gasteiger partial charge in [0.2, 0.25) is 5.91 Å². The van der Waals surface area contributed by atoms with E-state index in [-0.39, 0.29) is 19.0 Å². The highest BCUT2D eigenvalue weighted by molar-refractivity contribution is 5.94. The Bertz CT molecular complexity index is 647. The van der Waals surface area contributed by atoms with Crippen molar-refractivity contribution in [3.63, 3.8) is 0 Å². The maximum atomic E-state index is 12.8. The molecule has 5 nitrogen and oxygen atoms in total. The lowest BCUT2D eigenvalue weighted by atomic mass is 9.90. The van der Waals surface area contributed by atoms with Crippen molar-refractivity contribution in [1.82, 2.24) is 4.90 Å². The third-order valence-electron chi connectivity index (χ3n) is 4.34. The normalized spacial score (nSPS) is 19.3. The molecule has 1 aliphatic heterocycles. The average molecular weight is 341 g/mol. The fourth-order valence-electron chi connectivity index (χ4n) is 2.64. The number of benzene rings is 1. The molecule has 0 radical (unpaired) electrons. The third-order valence-corrected chi connectivity index (χ3v) is 4.34. The molecule has 1 unspecified atom stereocenters. The number of rotatable bonds is 3. The molecule has 0 spiro atoms. The highest BCUT2D eigenvalue weighted by atomic mass is 19.4. The van der Waals surface area contributed by atoms with Crippen LogP contribution in [-0.2, 0) is 4.79 Å². The average Bonchev–Trinajstić information content (AvgIpc) is 2.54. The van der Waals surface area contributed by atoms with Crippen molar-refractivity contribution in [3.05, 3.63) is 29.8 Å². The Morgan fingerprint density at radius 1 is 1.42 bits per heavy atom. The Morgan fingerprint density at radius 3 is 2.58 bits per heavy atom. The van der Waals surface area contributed by atoms with Gasteiger partial charge in [-0.25, -0.2) is 0 Å². The Hall–Kier alpha value is -2.11. The van der Waals surface area contributed by atoms with Crippen LogP contribution in [0.15, 0.2) is 24.3 Å². The Labute approximate surface area is 137 Å². The number of nitrogens with one attached hydrogen (secondary N) is 1. The molecule has 1 aromatic rings. The van der Waals surface area contributed by atoms with E-state index in [1.54, 1.807) is 30.0 Å². The number of likely N-dealkylation sites (tertiary alicyclic amines) is 1. The predicted molar refractivity (Wildman–Crippen MR) is 81.1 cm³/mol. The van der Waals surface area contributed by atoms with Crippen LogP contribution in [0, 0.1) is 11.3 Å². The first-order valence-electron chi connectivity index (χ1n) is 7.50. The molecule has 2 rings (SSSR count). The summed E-state index contributed by atoms with van der Waals surface area (Å²) in [6.07, 6.45) is -5.58. The van der Waals surface area contributed by atoms with E-state index in [4.69, 9.17) is 5.26 Å². The molecule has 1 heterocycles. The van der Waals surface area contributed by atoms with Gasteiger partial charge >= 0.3 is 6.18 Å². The molecule has 1 fully saturated rings. The molecule has 0 aliphatic carbocycles. The molecule has 1 amide bonds. The van der Waals surface area contributed by atoms with Crippen molar-refractivity contribution < 1.29 is 23.1 Å². The minimum absolute atomic E-state index is 0.0250. The summed E-state index contributed by atoms with van der Waals surface area (Å²) in [5.74, 6) is -0.373. The van der Waals surface area contributed by atoms with Crippen LogP contribution in [0.1, 0.15) is 25.3 Å². The molecule has 130 valence electrons. The van der Waals surface area contributed by atoms with Gasteiger partial charge in [0.1, 0.15) is 0 Å². The van der Waals surface area contributed by atoms with Gasteiger partial charge < -0.3 is 10.4 Å². The number of nitriles is 1. The van der Waals surface area contributed by atoms with Gasteiger partial charge in [-0.2, -0.15) is 18.4 Å². The maximum absolute atomic E-state index is 12.8. The fourth-order valence-corrected chi connectivity index (χ4v) is 2.64. The van der Waals surface area contributed by atoms with Crippen LogP contribution in [0.2, 0.25) is 0 Å². The van der Waals surface area contributed by atoms with Crippen molar-refractivity contribution in [3.8, 4) is 6.07 Å². The van der Waals surface area contributed by atoms with Gasteiger partial charge in [0.25, 0.3) is 0 Å². The summed E-state index contributed by atoms with van der Waals surface area (Å²) in [6, 6.07) is 7.69. The molecular formula is C16H18F3N3O2. The van der Waals surface area contributed by atoms with Gasteiger partial charge in [-0.1, -0.05) is 6.07 Å². The third kappa shape index (κ3) is 3.86. The van der Waals surface area contributed by atoms with Crippen molar-refractivity contribution in [2.24, 2.45) is 0 Å². The SMILES string of the molecule is CC(C(=O)Nc1cccc(C#N)c1)N1CCC(O)(C(F)(F)F)CC1. The lowest BCUT2D eigenvalue weighted by Gasteiger charge is -2.40. The summed E-state index contributed by atoms with van der Waals surface area (Å²) in [7, 11) is 0. The highest BCUT2D eigenvalue weighted by Crippen LogP contribution is 2.38. The predicted octanol–water partition coefficient (Wildman–Crippen LogP) is 2.27. The number of hydrogen-bond acceptors (Lipinski definition) is 4. The lowest BCUT2D eigenvalue weighted by Crippen LogP contribution is -2.56. The molecule has 2 N–H and O–H groups in total. The summed E-state index contributed by atoms with van der Waals surface area (Å²) in [6.45, 7) is 1.55. The molecule has 8 heteroatoms. The van der Waals surface area contributed by atoms with E-state index in [0.29, 0.717) is 11.3 Å². The van der Waals surface area contributed by atoms with Crippen molar-refractivity contribution in [2.45, 2.75) is 37.6 Å². The number of piperidine rings is 1. The van der Waals surface area contributed by atoms with Crippen LogP contribution in [0.4, 0.5) is 18.9 Å². The van der Waals surface area contributed by atoms with E-state index in [1.807, 2.05) is 6.07 Å². The number of nitrogens with zero attached hydrogens (tertiary/aromatic N) is 2. The van der Waals surface area contributed by atoms with E-state index in [0.717, 1.165) is 0 Å². The van der Waals surface area contributed by atoms with Gasteiger partial charge in [0.05, 0.1) is 17.7 Å². The summed E-state index contributed by atoms with van der Waals surface area (Å²) in [5, 5.41) is 21.1. The molecule has 0 saturated carbocycles. The molecule has 1 saturated heterocycles. The number of carbonyl (C=O) groups is 1. The monoisotopic (exact) mass is 341 g/mol. The standard InChI is InChI=1S/C16H18F3N3O2/c1-11(14(23)21-13-4-2-3-12(9-13)10-20)22-7-5-15(24,6-8-22)16(17,18)19/h2-4,9,11,24H,5-8H2,1H3,(H,21,23). The fraction of sp³-hybridized carbons (Fsp3) is 0.500. The molecule has 1 atom stereocenters. The van der Waals surface area contributed by atoms with Crippen molar-refractivity contribution in [1.29, 1.82) is 5.26 Å². The van der Waals surface area contributed by atoms with Gasteiger partial charge in [-0.3, -0.25) is 9.69 Å². The van der Waals surface area contributed by atoms with E-state index in [1.165, 1.54) is 6.07 Å². The minimum Gasteiger partial charge on any atom is -0.380 e. The van der Waals surface area contributed by atoms with Crippen LogP contribution in [0.3, 0.4) is 0 Å². The molecule has 0 bridgehead atoms. The molecule has 1 aliphatic rings. The smallest absolute Gasteiger partial charge is 0.380 e. The highest BCUT2D eigenvalue weighted by Gasteiger charge is 2.54. The molecule has 24 heavy (non-hydrogen) atoms. The van der Waals surface area contributed by atoms with Crippen LogP contribution in [-0.4, -0.2) is 46.8 Å². The Balaban J connectivity index is 1.96. The van der Waals surface area contributed by atoms with Crippen LogP contribution >= 0.6 is 0 Å². The van der Waals surface area contributed by atoms with Crippen LogP contribution in [0.25, 0.3) is 0 Å². The Kier molecular flexibility index (Phi) is 5.16. The number of carbonyl (C=O) groups excluding carboxylic acids is 1. The maximum Gasteiger partial charge on any atom is 0.417 e. The van der Waals surface area contributed by atoms with E-state index in [9.17, 15) is 23.1 Å². The molecular weight excluding hydrogens is 323 g/mol. The number of amides is 1. The zero-order chi connectivity index (χ0) is 18.0. The number of halogens is 3. The minimum atomic E-state index is -4.66. The Morgan fingerprint density at radius 2 is 2.04 bits per heavy atom. The zero-order valence-corrected chi connectivity index (χ0v) is 13.1. The second kappa shape index (κ2) is 6.79. The molecule has 1 aromatic carbocycles. The van der Waals surface area contributed by atoms with E-state index in [2.05, 4.69) is 5.32 Å². The number of aliphatic hydroxyl groups is 1. The summed E-state index contributed by atoms with van der Waals surface area (Å²) < 4.78 is 38.4. The lowest BCUT2D eigenvalue weighted by molar-refractivity contribution is -0.273. The first-order chi connectivity index (χ1) is 11.2. The van der Waals surface area contributed by atoms with Crippen molar-refractivity contribution >= 4 is 11.6 Å². The number of alkyl halides is 3. The zero-order valence-electron chi connectivity index (χ0n) is 13.1. The van der Waals surface area contributed by atoms with E-state index >= 15 is 0 Å². The largest absolute Gasteiger partial charge is 0.417 e. The summed E-state index contributed by atoms with van der Waals surface area (Å²) in [4.78, 5) is 13.9. The second-order valence-electron chi connectivity index (χ2n) is 5.92. The summed E-state index contributed by atoms with van der Waals surface area (Å²) in [5.41, 5.74) is -1.83.